The first-order valence-corrected chi connectivity index (χ1v) is 7.38. The minimum atomic E-state index is 0.00195. The van der Waals surface area contributed by atoms with Crippen LogP contribution in [0.2, 0.25) is 0 Å². The topological polar surface area (TPSA) is 31.6 Å². The first-order valence-electron chi connectivity index (χ1n) is 5.68. The van der Waals surface area contributed by atoms with Crippen LogP contribution in [-0.2, 0) is 0 Å². The largest absolute Gasteiger partial charge is 0.495 e. The van der Waals surface area contributed by atoms with Gasteiger partial charge in [0.2, 0.25) is 0 Å². The van der Waals surface area contributed by atoms with E-state index in [2.05, 4.69) is 31.9 Å². The van der Waals surface area contributed by atoms with Gasteiger partial charge >= 0.3 is 0 Å². The molecule has 0 amide bonds. The zero-order chi connectivity index (χ0) is 14.0. The van der Waals surface area contributed by atoms with Crippen molar-refractivity contribution >= 4 is 31.9 Å². The standard InChI is InChI=1S/C14H14Br2O3/c1-8-6-9(7-19-8)12(15)10-4-5-11(17-2)13(16)14(10)18-3/h4-7,12H,1-3H3. The lowest BCUT2D eigenvalue weighted by Gasteiger charge is -2.16. The molecule has 1 aromatic heterocycles. The lowest BCUT2D eigenvalue weighted by molar-refractivity contribution is 0.386. The zero-order valence-corrected chi connectivity index (χ0v) is 14.0. The van der Waals surface area contributed by atoms with Gasteiger partial charge in [0.15, 0.2) is 0 Å². The first kappa shape index (κ1) is 14.5. The van der Waals surface area contributed by atoms with Crippen molar-refractivity contribution < 1.29 is 13.9 Å². The maximum atomic E-state index is 5.48. The second-order valence-corrected chi connectivity index (χ2v) is 5.77. The van der Waals surface area contributed by atoms with Gasteiger partial charge in [-0.15, -0.1) is 0 Å². The molecule has 3 nitrogen and oxygen atoms in total. The summed E-state index contributed by atoms with van der Waals surface area (Å²) in [5, 5.41) is 0. The smallest absolute Gasteiger partial charge is 0.141 e. The molecule has 0 N–H and O–H groups in total. The van der Waals surface area contributed by atoms with Crippen LogP contribution in [0, 0.1) is 6.92 Å². The Labute approximate surface area is 129 Å². The molecule has 19 heavy (non-hydrogen) atoms. The van der Waals surface area contributed by atoms with Gasteiger partial charge in [-0.2, -0.15) is 0 Å². The van der Waals surface area contributed by atoms with E-state index < -0.39 is 0 Å². The molecule has 5 heteroatoms. The highest BCUT2D eigenvalue weighted by Crippen LogP contribution is 2.44. The number of halogens is 2. The maximum absolute atomic E-state index is 5.48. The van der Waals surface area contributed by atoms with Gasteiger partial charge in [0, 0.05) is 11.1 Å². The monoisotopic (exact) mass is 388 g/mol. The Hall–Kier alpha value is -0.940. The van der Waals surface area contributed by atoms with E-state index in [1.807, 2.05) is 25.1 Å². The van der Waals surface area contributed by atoms with Gasteiger partial charge in [-0.1, -0.05) is 22.0 Å². The van der Waals surface area contributed by atoms with E-state index in [9.17, 15) is 0 Å². The third-order valence-corrected chi connectivity index (χ3v) is 4.61. The van der Waals surface area contributed by atoms with Crippen LogP contribution >= 0.6 is 31.9 Å². The van der Waals surface area contributed by atoms with Gasteiger partial charge in [-0.05, 0) is 35.0 Å². The maximum Gasteiger partial charge on any atom is 0.141 e. The van der Waals surface area contributed by atoms with E-state index >= 15 is 0 Å². The molecule has 1 heterocycles. The molecule has 2 aromatic rings. The van der Waals surface area contributed by atoms with Crippen LogP contribution in [0.5, 0.6) is 11.5 Å². The molecule has 0 fully saturated rings. The van der Waals surface area contributed by atoms with Crippen molar-refractivity contribution in [1.82, 2.24) is 0 Å². The van der Waals surface area contributed by atoms with Crippen molar-refractivity contribution in [3.63, 3.8) is 0 Å². The lowest BCUT2D eigenvalue weighted by atomic mass is 10.1. The Morgan fingerprint density at radius 2 is 1.95 bits per heavy atom. The second kappa shape index (κ2) is 6.01. The Kier molecular flexibility index (Phi) is 4.58. The van der Waals surface area contributed by atoms with E-state index in [-0.39, 0.29) is 4.83 Å². The fourth-order valence-corrected chi connectivity index (χ4v) is 3.18. The van der Waals surface area contributed by atoms with Crippen molar-refractivity contribution in [3.05, 3.63) is 45.8 Å². The molecule has 1 aromatic carbocycles. The average Bonchev–Trinajstić information content (AvgIpc) is 2.84. The molecule has 0 saturated carbocycles. The highest BCUT2D eigenvalue weighted by Gasteiger charge is 2.21. The van der Waals surface area contributed by atoms with Crippen LogP contribution in [0.3, 0.4) is 0 Å². The molecule has 0 spiro atoms. The summed E-state index contributed by atoms with van der Waals surface area (Å²) in [7, 11) is 3.27. The number of alkyl halides is 1. The molecule has 0 bridgehead atoms. The number of furan rings is 1. The highest BCUT2D eigenvalue weighted by molar-refractivity contribution is 9.10. The molecule has 2 rings (SSSR count). The molecule has 0 aliphatic carbocycles. The molecule has 0 aliphatic heterocycles. The van der Waals surface area contributed by atoms with Crippen molar-refractivity contribution in [3.8, 4) is 11.5 Å². The molecule has 102 valence electrons. The molecular formula is C14H14Br2O3. The zero-order valence-electron chi connectivity index (χ0n) is 10.9. The average molecular weight is 390 g/mol. The summed E-state index contributed by atoms with van der Waals surface area (Å²) in [5.41, 5.74) is 2.06. The van der Waals surface area contributed by atoms with Crippen molar-refractivity contribution in [2.45, 2.75) is 11.8 Å². The second-order valence-electron chi connectivity index (χ2n) is 4.06. The normalized spacial score (nSPS) is 12.3. The number of benzene rings is 1. The summed E-state index contributed by atoms with van der Waals surface area (Å²) in [6.07, 6.45) is 1.74. The van der Waals surface area contributed by atoms with E-state index in [1.54, 1.807) is 20.5 Å². The minimum absolute atomic E-state index is 0.00195. The predicted octanol–water partition coefficient (Wildman–Crippen LogP) is 4.85. The Balaban J connectivity index is 2.47. The number of hydrogen-bond acceptors (Lipinski definition) is 3. The first-order chi connectivity index (χ1) is 9.08. The van der Waals surface area contributed by atoms with Gasteiger partial charge in [0.1, 0.15) is 21.7 Å². The molecule has 0 saturated heterocycles. The third-order valence-electron chi connectivity index (χ3n) is 2.83. The van der Waals surface area contributed by atoms with Crippen LogP contribution in [0.4, 0.5) is 0 Å². The fourth-order valence-electron chi connectivity index (χ4n) is 1.89. The van der Waals surface area contributed by atoms with E-state index in [0.29, 0.717) is 0 Å². The van der Waals surface area contributed by atoms with Crippen LogP contribution in [0.15, 0.2) is 33.4 Å². The molecule has 1 atom stereocenters. The summed E-state index contributed by atoms with van der Waals surface area (Å²) in [4.78, 5) is 0.00195. The van der Waals surface area contributed by atoms with Crippen LogP contribution in [-0.4, -0.2) is 14.2 Å². The Bertz CT molecular complexity index is 578. The molecule has 0 radical (unpaired) electrons. The summed E-state index contributed by atoms with van der Waals surface area (Å²) < 4.78 is 16.9. The SMILES string of the molecule is COc1ccc(C(Br)c2coc(C)c2)c(OC)c1Br. The van der Waals surface area contributed by atoms with Crippen LogP contribution < -0.4 is 9.47 Å². The van der Waals surface area contributed by atoms with E-state index in [4.69, 9.17) is 13.9 Å². The van der Waals surface area contributed by atoms with Gasteiger partial charge in [0.05, 0.1) is 25.3 Å². The van der Waals surface area contributed by atoms with Crippen molar-refractivity contribution in [2.75, 3.05) is 14.2 Å². The number of methoxy groups -OCH3 is 2. The quantitative estimate of drug-likeness (QED) is 0.700. The molecule has 0 aliphatic rings. The minimum Gasteiger partial charge on any atom is -0.495 e. The van der Waals surface area contributed by atoms with E-state index in [1.165, 1.54) is 0 Å². The van der Waals surface area contributed by atoms with Gasteiger partial charge in [-0.3, -0.25) is 0 Å². The summed E-state index contributed by atoms with van der Waals surface area (Å²) >= 11 is 7.18. The number of rotatable bonds is 4. The van der Waals surface area contributed by atoms with Gasteiger partial charge in [-0.25, -0.2) is 0 Å². The fraction of sp³-hybridized carbons (Fsp3) is 0.286. The lowest BCUT2D eigenvalue weighted by Crippen LogP contribution is -1.98. The van der Waals surface area contributed by atoms with Crippen LogP contribution in [0.1, 0.15) is 21.7 Å². The van der Waals surface area contributed by atoms with Gasteiger partial charge < -0.3 is 13.9 Å². The summed E-state index contributed by atoms with van der Waals surface area (Å²) in [6.45, 7) is 1.92. The van der Waals surface area contributed by atoms with Crippen LogP contribution in [0.25, 0.3) is 0 Å². The van der Waals surface area contributed by atoms with Crippen molar-refractivity contribution in [1.29, 1.82) is 0 Å². The number of aryl methyl sites for hydroxylation is 1. The predicted molar refractivity (Wildman–Crippen MR) is 81.5 cm³/mol. The van der Waals surface area contributed by atoms with E-state index in [0.717, 1.165) is 32.9 Å². The van der Waals surface area contributed by atoms with Gasteiger partial charge in [0.25, 0.3) is 0 Å². The number of ether oxygens (including phenoxy) is 2. The molecular weight excluding hydrogens is 376 g/mol. The third kappa shape index (κ3) is 2.82. The van der Waals surface area contributed by atoms with Crippen molar-refractivity contribution in [2.24, 2.45) is 0 Å². The summed E-state index contributed by atoms with van der Waals surface area (Å²) in [6, 6.07) is 5.88. The Morgan fingerprint density at radius 1 is 1.21 bits per heavy atom. The Morgan fingerprint density at radius 3 is 2.47 bits per heavy atom. The number of hydrogen-bond donors (Lipinski definition) is 0. The highest BCUT2D eigenvalue weighted by atomic mass is 79.9. The molecule has 1 unspecified atom stereocenters. The summed E-state index contributed by atoms with van der Waals surface area (Å²) in [5.74, 6) is 2.37.